The fourth-order valence-corrected chi connectivity index (χ4v) is 2.36. The van der Waals surface area contributed by atoms with Crippen LogP contribution in [-0.2, 0) is 6.54 Å². The van der Waals surface area contributed by atoms with E-state index in [1.807, 2.05) is 30.3 Å². The zero-order chi connectivity index (χ0) is 14.8. The van der Waals surface area contributed by atoms with E-state index in [4.69, 9.17) is 0 Å². The second kappa shape index (κ2) is 5.66. The third-order valence-corrected chi connectivity index (χ3v) is 3.65. The zero-order valence-electron chi connectivity index (χ0n) is 12.2. The van der Waals surface area contributed by atoms with Gasteiger partial charge in [-0.25, -0.2) is 9.37 Å². The first-order valence-electron chi connectivity index (χ1n) is 7.06. The Labute approximate surface area is 123 Å². The fraction of sp³-hybridized carbons (Fsp3) is 0.235. The second-order valence-corrected chi connectivity index (χ2v) is 5.33. The fourth-order valence-electron chi connectivity index (χ4n) is 2.36. The van der Waals surface area contributed by atoms with Crippen molar-refractivity contribution in [3.05, 3.63) is 65.2 Å². The number of halogens is 1. The lowest BCUT2D eigenvalue weighted by molar-refractivity contribution is 0.550. The van der Waals surface area contributed by atoms with E-state index in [1.54, 1.807) is 13.0 Å². The van der Waals surface area contributed by atoms with Crippen LogP contribution in [0.15, 0.2) is 42.5 Å². The molecule has 2 N–H and O–H groups in total. The predicted molar refractivity (Wildman–Crippen MR) is 82.5 cm³/mol. The van der Waals surface area contributed by atoms with Gasteiger partial charge in [0.25, 0.3) is 0 Å². The molecule has 3 nitrogen and oxygen atoms in total. The molecule has 108 valence electrons. The Morgan fingerprint density at radius 3 is 2.81 bits per heavy atom. The first-order valence-corrected chi connectivity index (χ1v) is 7.06. The molecule has 0 amide bonds. The Morgan fingerprint density at radius 1 is 1.24 bits per heavy atom. The number of imidazole rings is 1. The number of hydrogen-bond donors (Lipinski definition) is 2. The normalized spacial score (nSPS) is 12.7. The average Bonchev–Trinajstić information content (AvgIpc) is 2.92. The average molecular weight is 283 g/mol. The number of para-hydroxylation sites is 2. The monoisotopic (exact) mass is 283 g/mol. The molecule has 0 radical (unpaired) electrons. The molecule has 0 saturated carbocycles. The lowest BCUT2D eigenvalue weighted by Gasteiger charge is -2.11. The van der Waals surface area contributed by atoms with Gasteiger partial charge >= 0.3 is 0 Å². The number of H-pyrrole nitrogens is 1. The van der Waals surface area contributed by atoms with Gasteiger partial charge in [0.1, 0.15) is 11.6 Å². The van der Waals surface area contributed by atoms with Crippen molar-refractivity contribution in [3.63, 3.8) is 0 Å². The molecule has 0 aliphatic heterocycles. The number of hydrogen-bond acceptors (Lipinski definition) is 2. The lowest BCUT2D eigenvalue weighted by atomic mass is 10.1. The number of nitrogens with zero attached hydrogens (tertiary/aromatic N) is 1. The summed E-state index contributed by atoms with van der Waals surface area (Å²) in [7, 11) is 0. The molecule has 0 aliphatic rings. The molecule has 1 unspecified atom stereocenters. The van der Waals surface area contributed by atoms with Gasteiger partial charge in [0.05, 0.1) is 17.1 Å². The molecule has 0 aliphatic carbocycles. The zero-order valence-corrected chi connectivity index (χ0v) is 12.2. The smallest absolute Gasteiger partial charge is 0.126 e. The second-order valence-electron chi connectivity index (χ2n) is 5.33. The summed E-state index contributed by atoms with van der Waals surface area (Å²) in [5, 5.41) is 3.41. The molecule has 0 saturated heterocycles. The van der Waals surface area contributed by atoms with E-state index in [1.165, 1.54) is 6.07 Å². The van der Waals surface area contributed by atoms with Gasteiger partial charge in [-0.1, -0.05) is 24.3 Å². The quantitative estimate of drug-likeness (QED) is 0.763. The van der Waals surface area contributed by atoms with Crippen LogP contribution < -0.4 is 5.32 Å². The molecule has 3 rings (SSSR count). The van der Waals surface area contributed by atoms with Gasteiger partial charge in [0.2, 0.25) is 0 Å². The standard InChI is InChI=1S/C17H18FN3/c1-11-9-13(7-8-14(11)18)10-19-12(2)17-20-15-5-3-4-6-16(15)21-17/h3-9,12,19H,10H2,1-2H3,(H,20,21). The van der Waals surface area contributed by atoms with Gasteiger partial charge < -0.3 is 10.3 Å². The molecular weight excluding hydrogens is 265 g/mol. The van der Waals surface area contributed by atoms with Crippen molar-refractivity contribution in [2.45, 2.75) is 26.4 Å². The number of rotatable bonds is 4. The Morgan fingerprint density at radius 2 is 2.05 bits per heavy atom. The van der Waals surface area contributed by atoms with Crippen LogP contribution in [0.5, 0.6) is 0 Å². The first-order chi connectivity index (χ1) is 10.1. The highest BCUT2D eigenvalue weighted by Gasteiger charge is 2.10. The van der Waals surface area contributed by atoms with Crippen molar-refractivity contribution >= 4 is 11.0 Å². The summed E-state index contributed by atoms with van der Waals surface area (Å²) >= 11 is 0. The van der Waals surface area contributed by atoms with E-state index in [-0.39, 0.29) is 11.9 Å². The molecule has 0 fully saturated rings. The van der Waals surface area contributed by atoms with E-state index < -0.39 is 0 Å². The summed E-state index contributed by atoms with van der Waals surface area (Å²) in [6.45, 7) is 4.52. The minimum Gasteiger partial charge on any atom is -0.341 e. The maximum Gasteiger partial charge on any atom is 0.126 e. The Kier molecular flexibility index (Phi) is 3.71. The molecule has 4 heteroatoms. The van der Waals surface area contributed by atoms with Crippen LogP contribution in [0.25, 0.3) is 11.0 Å². The molecule has 0 bridgehead atoms. The molecule has 2 aromatic carbocycles. The highest BCUT2D eigenvalue weighted by atomic mass is 19.1. The molecule has 21 heavy (non-hydrogen) atoms. The highest BCUT2D eigenvalue weighted by Crippen LogP contribution is 2.16. The maximum absolute atomic E-state index is 13.2. The maximum atomic E-state index is 13.2. The molecule has 0 spiro atoms. The number of aromatic nitrogens is 2. The van der Waals surface area contributed by atoms with Crippen molar-refractivity contribution in [1.29, 1.82) is 0 Å². The number of nitrogens with one attached hydrogen (secondary N) is 2. The molecular formula is C17H18FN3. The Balaban J connectivity index is 1.70. The van der Waals surface area contributed by atoms with Crippen LogP contribution in [0, 0.1) is 12.7 Å². The number of aryl methyl sites for hydroxylation is 1. The van der Waals surface area contributed by atoms with Gasteiger partial charge in [-0.3, -0.25) is 0 Å². The van der Waals surface area contributed by atoms with Gasteiger partial charge in [-0.2, -0.15) is 0 Å². The van der Waals surface area contributed by atoms with Crippen molar-refractivity contribution < 1.29 is 4.39 Å². The summed E-state index contributed by atoms with van der Waals surface area (Å²) in [5.74, 6) is 0.749. The van der Waals surface area contributed by atoms with E-state index in [2.05, 4.69) is 22.2 Å². The van der Waals surface area contributed by atoms with E-state index in [0.29, 0.717) is 12.1 Å². The van der Waals surface area contributed by atoms with Crippen LogP contribution in [0.3, 0.4) is 0 Å². The first kappa shape index (κ1) is 13.8. The van der Waals surface area contributed by atoms with Gasteiger partial charge in [-0.15, -0.1) is 0 Å². The van der Waals surface area contributed by atoms with Crippen LogP contribution in [0.4, 0.5) is 4.39 Å². The molecule has 1 heterocycles. The third-order valence-electron chi connectivity index (χ3n) is 3.65. The number of benzene rings is 2. The minimum atomic E-state index is -0.163. The summed E-state index contributed by atoms with van der Waals surface area (Å²) < 4.78 is 13.2. The van der Waals surface area contributed by atoms with Crippen LogP contribution in [0.1, 0.15) is 29.9 Å². The number of fused-ring (bicyclic) bond motifs is 1. The van der Waals surface area contributed by atoms with Crippen LogP contribution in [0.2, 0.25) is 0 Å². The summed E-state index contributed by atoms with van der Waals surface area (Å²) in [5.41, 5.74) is 3.75. The van der Waals surface area contributed by atoms with Crippen molar-refractivity contribution in [3.8, 4) is 0 Å². The SMILES string of the molecule is Cc1cc(CNC(C)c2nc3ccccc3[nH]2)ccc1F. The Hall–Kier alpha value is -2.20. The molecule has 3 aromatic rings. The van der Waals surface area contributed by atoms with E-state index >= 15 is 0 Å². The highest BCUT2D eigenvalue weighted by molar-refractivity contribution is 5.74. The summed E-state index contributed by atoms with van der Waals surface area (Å²) in [6, 6.07) is 13.3. The van der Waals surface area contributed by atoms with Crippen molar-refractivity contribution in [1.82, 2.24) is 15.3 Å². The summed E-state index contributed by atoms with van der Waals surface area (Å²) in [6.07, 6.45) is 0. The van der Waals surface area contributed by atoms with E-state index in [0.717, 1.165) is 22.4 Å². The number of aromatic amines is 1. The summed E-state index contributed by atoms with van der Waals surface area (Å²) in [4.78, 5) is 7.90. The molecule has 1 aromatic heterocycles. The minimum absolute atomic E-state index is 0.0998. The largest absolute Gasteiger partial charge is 0.341 e. The van der Waals surface area contributed by atoms with Crippen LogP contribution >= 0.6 is 0 Å². The van der Waals surface area contributed by atoms with Crippen LogP contribution in [-0.4, -0.2) is 9.97 Å². The van der Waals surface area contributed by atoms with Gasteiger partial charge in [0.15, 0.2) is 0 Å². The van der Waals surface area contributed by atoms with Gasteiger partial charge in [-0.05, 0) is 43.2 Å². The predicted octanol–water partition coefficient (Wildman–Crippen LogP) is 3.86. The van der Waals surface area contributed by atoms with Gasteiger partial charge in [0, 0.05) is 6.54 Å². The Bertz CT molecular complexity index is 731. The lowest BCUT2D eigenvalue weighted by Crippen LogP contribution is -2.19. The third kappa shape index (κ3) is 2.95. The molecule has 1 atom stereocenters. The topological polar surface area (TPSA) is 40.7 Å². The van der Waals surface area contributed by atoms with Crippen molar-refractivity contribution in [2.75, 3.05) is 0 Å². The van der Waals surface area contributed by atoms with E-state index in [9.17, 15) is 4.39 Å². The van der Waals surface area contributed by atoms with Crippen molar-refractivity contribution in [2.24, 2.45) is 0 Å².